The third kappa shape index (κ3) is 3.41. The molecule has 1 fully saturated rings. The molecular weight excluding hydrogens is 418 g/mol. The van der Waals surface area contributed by atoms with Gasteiger partial charge in [-0.1, -0.05) is 12.1 Å². The fourth-order valence-electron chi connectivity index (χ4n) is 4.38. The van der Waals surface area contributed by atoms with E-state index in [1.54, 1.807) is 29.5 Å². The Morgan fingerprint density at radius 3 is 2.81 bits per heavy atom. The predicted octanol–water partition coefficient (Wildman–Crippen LogP) is 0.972. The third-order valence-electron chi connectivity index (χ3n) is 5.96. The number of hydrogen-bond acceptors (Lipinski definition) is 8. The van der Waals surface area contributed by atoms with Crippen molar-refractivity contribution in [3.8, 4) is 0 Å². The summed E-state index contributed by atoms with van der Waals surface area (Å²) in [7, 11) is 0. The van der Waals surface area contributed by atoms with Crippen molar-refractivity contribution < 1.29 is 19.2 Å². The average Bonchev–Trinajstić information content (AvgIpc) is 3.25. The van der Waals surface area contributed by atoms with Gasteiger partial charge in [0.05, 0.1) is 16.8 Å². The Hall–Kier alpha value is -3.11. The van der Waals surface area contributed by atoms with Gasteiger partial charge in [-0.15, -0.1) is 11.3 Å². The van der Waals surface area contributed by atoms with Gasteiger partial charge in [-0.3, -0.25) is 29.4 Å². The smallest absolute Gasteiger partial charge is 0.262 e. The number of aromatic nitrogens is 1. The maximum atomic E-state index is 13.1. The molecule has 10 heteroatoms. The van der Waals surface area contributed by atoms with E-state index in [4.69, 9.17) is 5.73 Å². The minimum Gasteiger partial charge on any atom is -0.357 e. The van der Waals surface area contributed by atoms with Crippen molar-refractivity contribution in [2.75, 3.05) is 5.32 Å². The van der Waals surface area contributed by atoms with E-state index in [-0.39, 0.29) is 24.4 Å². The van der Waals surface area contributed by atoms with Crippen LogP contribution < -0.4 is 16.4 Å². The number of nitrogens with zero attached hydrogens (tertiary/aromatic N) is 2. The van der Waals surface area contributed by atoms with Gasteiger partial charge in [-0.25, -0.2) is 4.98 Å². The first-order valence-corrected chi connectivity index (χ1v) is 11.1. The highest BCUT2D eigenvalue weighted by Gasteiger charge is 2.45. The number of rotatable bonds is 4. The fourth-order valence-corrected chi connectivity index (χ4v) is 5.48. The summed E-state index contributed by atoms with van der Waals surface area (Å²) in [4.78, 5) is 56.6. The number of nitrogens with one attached hydrogen (secondary N) is 2. The lowest BCUT2D eigenvalue weighted by Gasteiger charge is -2.27. The van der Waals surface area contributed by atoms with Gasteiger partial charge >= 0.3 is 0 Å². The topological polar surface area (TPSA) is 134 Å². The van der Waals surface area contributed by atoms with Crippen LogP contribution in [0.1, 0.15) is 56.1 Å². The molecule has 4 amide bonds. The van der Waals surface area contributed by atoms with Gasteiger partial charge in [0.25, 0.3) is 11.8 Å². The van der Waals surface area contributed by atoms with Crippen LogP contribution >= 0.6 is 11.3 Å². The molecule has 0 saturated carbocycles. The Morgan fingerprint density at radius 1 is 1.16 bits per heavy atom. The number of thiazole rings is 1. The van der Waals surface area contributed by atoms with E-state index in [1.807, 2.05) is 0 Å². The Labute approximate surface area is 182 Å². The highest BCUT2D eigenvalue weighted by atomic mass is 32.1. The van der Waals surface area contributed by atoms with Crippen LogP contribution in [0.2, 0.25) is 0 Å². The zero-order chi connectivity index (χ0) is 21.7. The number of aryl methyl sites for hydroxylation is 1. The zero-order valence-electron chi connectivity index (χ0n) is 16.6. The van der Waals surface area contributed by atoms with Gasteiger partial charge in [0.1, 0.15) is 6.04 Å². The van der Waals surface area contributed by atoms with Crippen molar-refractivity contribution in [1.82, 2.24) is 15.2 Å². The van der Waals surface area contributed by atoms with E-state index < -0.39 is 29.7 Å². The molecule has 160 valence electrons. The van der Waals surface area contributed by atoms with Crippen LogP contribution in [-0.2, 0) is 29.0 Å². The molecule has 5 rings (SSSR count). The van der Waals surface area contributed by atoms with Crippen LogP contribution in [0.4, 0.5) is 5.13 Å². The number of benzene rings is 1. The van der Waals surface area contributed by atoms with Crippen LogP contribution in [0.15, 0.2) is 18.2 Å². The molecule has 1 aromatic heterocycles. The van der Waals surface area contributed by atoms with E-state index in [1.165, 1.54) is 4.88 Å². The van der Waals surface area contributed by atoms with Gasteiger partial charge in [-0.2, -0.15) is 0 Å². The molecule has 0 spiro atoms. The van der Waals surface area contributed by atoms with E-state index in [0.29, 0.717) is 17.7 Å². The van der Waals surface area contributed by atoms with Crippen molar-refractivity contribution in [3.63, 3.8) is 0 Å². The average molecular weight is 439 g/mol. The number of carbonyl (C=O) groups is 4. The third-order valence-corrected chi connectivity index (χ3v) is 7.04. The minimum atomic E-state index is -0.971. The summed E-state index contributed by atoms with van der Waals surface area (Å²) in [6, 6.07) is 4.30. The highest BCUT2D eigenvalue weighted by Crippen LogP contribution is 2.32. The van der Waals surface area contributed by atoms with Crippen molar-refractivity contribution in [3.05, 3.63) is 45.5 Å². The van der Waals surface area contributed by atoms with E-state index in [2.05, 4.69) is 15.6 Å². The summed E-state index contributed by atoms with van der Waals surface area (Å²) in [6.07, 6.45) is 2.84. The molecule has 1 aromatic carbocycles. The maximum absolute atomic E-state index is 13.1. The summed E-state index contributed by atoms with van der Waals surface area (Å²) in [5.74, 6) is -2.02. The molecule has 2 aliphatic heterocycles. The molecule has 2 atom stereocenters. The summed E-state index contributed by atoms with van der Waals surface area (Å²) < 4.78 is 0. The molecule has 9 nitrogen and oxygen atoms in total. The lowest BCUT2D eigenvalue weighted by molar-refractivity contribution is -0.136. The summed E-state index contributed by atoms with van der Waals surface area (Å²) in [5, 5.41) is 6.24. The first-order valence-electron chi connectivity index (χ1n) is 10.2. The Balaban J connectivity index is 1.37. The zero-order valence-corrected chi connectivity index (χ0v) is 17.5. The Kier molecular flexibility index (Phi) is 4.82. The second kappa shape index (κ2) is 7.54. The number of carbonyl (C=O) groups excluding carboxylic acids is 4. The van der Waals surface area contributed by atoms with Crippen molar-refractivity contribution in [2.45, 2.75) is 50.7 Å². The number of imide groups is 2. The molecule has 2 aromatic rings. The lowest BCUT2D eigenvalue weighted by atomic mass is 9.99. The van der Waals surface area contributed by atoms with Gasteiger partial charge in [0.2, 0.25) is 11.8 Å². The molecule has 3 heterocycles. The maximum Gasteiger partial charge on any atom is 0.262 e. The van der Waals surface area contributed by atoms with Gasteiger partial charge in [-0.05, 0) is 37.3 Å². The molecule has 3 aliphatic rings. The number of hydrogen-bond donors (Lipinski definition) is 3. The summed E-state index contributed by atoms with van der Waals surface area (Å²) >= 11 is 1.57. The van der Waals surface area contributed by atoms with E-state index >= 15 is 0 Å². The van der Waals surface area contributed by atoms with Gasteiger partial charge in [0.15, 0.2) is 5.13 Å². The number of amides is 4. The van der Waals surface area contributed by atoms with Crippen LogP contribution in [0.25, 0.3) is 0 Å². The molecule has 4 N–H and O–H groups in total. The SMILES string of the molecule is N[C@H]1CCc2nc(NCc3cccc4c3C(=O)N(C3CCC(=O)NC3=O)C4=O)sc2C1. The molecular formula is C21H21N5O4S. The first-order chi connectivity index (χ1) is 14.9. The lowest BCUT2D eigenvalue weighted by Crippen LogP contribution is -2.54. The standard InChI is InChI=1S/C21H21N5O4S/c22-11-4-5-13-15(8-11)31-21(24-13)23-9-10-2-1-3-12-17(10)20(30)26(19(12)29)14-6-7-16(27)25-18(14)28/h1-3,11,14H,4-9,22H2,(H,23,24)(H,25,27,28)/t11-,14?/m0/s1. The molecule has 0 bridgehead atoms. The van der Waals surface area contributed by atoms with Crippen LogP contribution in [-0.4, -0.2) is 45.6 Å². The fraction of sp³-hybridized carbons (Fsp3) is 0.381. The van der Waals surface area contributed by atoms with Crippen LogP contribution in [0.3, 0.4) is 0 Å². The number of nitrogens with two attached hydrogens (primary N) is 1. The van der Waals surface area contributed by atoms with Gasteiger partial charge < -0.3 is 11.1 Å². The van der Waals surface area contributed by atoms with Crippen molar-refractivity contribution in [2.24, 2.45) is 5.73 Å². The van der Waals surface area contributed by atoms with Gasteiger partial charge in [0, 0.05) is 23.9 Å². The number of fused-ring (bicyclic) bond motifs is 2. The predicted molar refractivity (Wildman–Crippen MR) is 113 cm³/mol. The first kappa shape index (κ1) is 19.8. The normalized spacial score (nSPS) is 22.9. The molecule has 1 aliphatic carbocycles. The Morgan fingerprint density at radius 2 is 2.00 bits per heavy atom. The second-order valence-electron chi connectivity index (χ2n) is 8.03. The van der Waals surface area contributed by atoms with E-state index in [0.717, 1.165) is 35.0 Å². The molecule has 31 heavy (non-hydrogen) atoms. The summed E-state index contributed by atoms with van der Waals surface area (Å²) in [5.41, 5.74) is 8.35. The highest BCUT2D eigenvalue weighted by molar-refractivity contribution is 7.15. The van der Waals surface area contributed by atoms with Crippen molar-refractivity contribution in [1.29, 1.82) is 0 Å². The number of piperidine rings is 1. The van der Waals surface area contributed by atoms with Crippen LogP contribution in [0, 0.1) is 0 Å². The van der Waals surface area contributed by atoms with Crippen molar-refractivity contribution >= 4 is 40.1 Å². The van der Waals surface area contributed by atoms with Crippen LogP contribution in [0.5, 0.6) is 0 Å². The second-order valence-corrected chi connectivity index (χ2v) is 9.12. The monoisotopic (exact) mass is 439 g/mol. The number of anilines is 1. The largest absolute Gasteiger partial charge is 0.357 e. The molecule has 1 saturated heterocycles. The molecule has 1 unspecified atom stereocenters. The minimum absolute atomic E-state index is 0.0938. The summed E-state index contributed by atoms with van der Waals surface area (Å²) in [6.45, 7) is 0.323. The molecule has 0 radical (unpaired) electrons. The van der Waals surface area contributed by atoms with E-state index in [9.17, 15) is 19.2 Å². The quantitative estimate of drug-likeness (QED) is 0.604. The Bertz CT molecular complexity index is 1130.